The smallest absolute Gasteiger partial charge is 0.411 e. The number of hydrogen-bond donors (Lipinski definition) is 1. The minimum absolute atomic E-state index is 0.00905. The van der Waals surface area contributed by atoms with Crippen LogP contribution < -0.4 is 4.74 Å². The van der Waals surface area contributed by atoms with Gasteiger partial charge in [0.2, 0.25) is 0 Å². The van der Waals surface area contributed by atoms with Crippen molar-refractivity contribution in [3.8, 4) is 5.75 Å². The molecule has 0 aromatic heterocycles. The predicted octanol–water partition coefficient (Wildman–Crippen LogP) is 3.23. The first kappa shape index (κ1) is 16.7. The number of ether oxygens (including phenoxy) is 2. The fourth-order valence-corrected chi connectivity index (χ4v) is 1.43. The van der Waals surface area contributed by atoms with E-state index in [9.17, 15) is 22.7 Å². The standard InChI is InChI=1S/C13H16F4O3/c1-9(18)10-3-4-12(11(14)7-10)20-6-2-5-19-8-13(15,16)17/h3-4,7,9,18H,2,5-6,8H2,1H3. The van der Waals surface area contributed by atoms with Crippen molar-refractivity contribution in [3.63, 3.8) is 0 Å². The maximum absolute atomic E-state index is 13.5. The van der Waals surface area contributed by atoms with Crippen LogP contribution in [0.15, 0.2) is 18.2 Å². The second-order valence-corrected chi connectivity index (χ2v) is 4.24. The maximum Gasteiger partial charge on any atom is 0.411 e. The topological polar surface area (TPSA) is 38.7 Å². The molecule has 7 heteroatoms. The van der Waals surface area contributed by atoms with Crippen LogP contribution in [0, 0.1) is 5.82 Å². The lowest BCUT2D eigenvalue weighted by Gasteiger charge is -2.10. The molecule has 0 saturated heterocycles. The van der Waals surface area contributed by atoms with Crippen molar-refractivity contribution < 1.29 is 32.1 Å². The van der Waals surface area contributed by atoms with E-state index in [0.29, 0.717) is 5.56 Å². The molecule has 1 aromatic carbocycles. The Labute approximate surface area is 114 Å². The third-order valence-electron chi connectivity index (χ3n) is 2.39. The van der Waals surface area contributed by atoms with Crippen LogP contribution in [0.5, 0.6) is 5.75 Å². The minimum atomic E-state index is -4.34. The fourth-order valence-electron chi connectivity index (χ4n) is 1.43. The van der Waals surface area contributed by atoms with E-state index in [-0.39, 0.29) is 25.4 Å². The molecule has 1 atom stereocenters. The minimum Gasteiger partial charge on any atom is -0.490 e. The van der Waals surface area contributed by atoms with Gasteiger partial charge < -0.3 is 14.6 Å². The molecule has 3 nitrogen and oxygen atoms in total. The molecule has 0 aliphatic rings. The number of aliphatic hydroxyl groups excluding tert-OH is 1. The highest BCUT2D eigenvalue weighted by atomic mass is 19.4. The van der Waals surface area contributed by atoms with Crippen LogP contribution in [0.25, 0.3) is 0 Å². The molecule has 1 unspecified atom stereocenters. The summed E-state index contributed by atoms with van der Waals surface area (Å²) in [5.74, 6) is -0.634. The summed E-state index contributed by atoms with van der Waals surface area (Å²) in [5.41, 5.74) is 0.420. The molecular weight excluding hydrogens is 280 g/mol. The SMILES string of the molecule is CC(O)c1ccc(OCCCOCC(F)(F)F)c(F)c1. The van der Waals surface area contributed by atoms with Crippen molar-refractivity contribution in [3.05, 3.63) is 29.6 Å². The zero-order chi connectivity index (χ0) is 15.2. The fraction of sp³-hybridized carbons (Fsp3) is 0.538. The van der Waals surface area contributed by atoms with E-state index in [1.54, 1.807) is 0 Å². The molecule has 0 heterocycles. The zero-order valence-corrected chi connectivity index (χ0v) is 10.9. The largest absolute Gasteiger partial charge is 0.490 e. The number of aliphatic hydroxyl groups is 1. The Hall–Kier alpha value is -1.34. The van der Waals surface area contributed by atoms with Gasteiger partial charge >= 0.3 is 6.18 Å². The van der Waals surface area contributed by atoms with Crippen LogP contribution in [-0.2, 0) is 4.74 Å². The lowest BCUT2D eigenvalue weighted by molar-refractivity contribution is -0.174. The molecule has 0 aliphatic heterocycles. The number of alkyl halides is 3. The highest BCUT2D eigenvalue weighted by molar-refractivity contribution is 5.30. The summed E-state index contributed by atoms with van der Waals surface area (Å²) in [7, 11) is 0. The van der Waals surface area contributed by atoms with Crippen molar-refractivity contribution >= 4 is 0 Å². The summed E-state index contributed by atoms with van der Waals surface area (Å²) >= 11 is 0. The second-order valence-electron chi connectivity index (χ2n) is 4.24. The van der Waals surface area contributed by atoms with Crippen molar-refractivity contribution in [1.82, 2.24) is 0 Å². The molecule has 1 rings (SSSR count). The van der Waals surface area contributed by atoms with Gasteiger partial charge in [0.25, 0.3) is 0 Å². The van der Waals surface area contributed by atoms with Crippen molar-refractivity contribution in [2.45, 2.75) is 25.6 Å². The van der Waals surface area contributed by atoms with Gasteiger partial charge in [-0.15, -0.1) is 0 Å². The van der Waals surface area contributed by atoms with E-state index in [0.717, 1.165) is 6.07 Å². The lowest BCUT2D eigenvalue weighted by atomic mass is 10.1. The highest BCUT2D eigenvalue weighted by Crippen LogP contribution is 2.22. The van der Waals surface area contributed by atoms with Crippen LogP contribution in [0.1, 0.15) is 25.0 Å². The Morgan fingerprint density at radius 2 is 1.95 bits per heavy atom. The van der Waals surface area contributed by atoms with E-state index in [1.165, 1.54) is 19.1 Å². The van der Waals surface area contributed by atoms with E-state index in [1.807, 2.05) is 0 Å². The van der Waals surface area contributed by atoms with Gasteiger partial charge in [-0.25, -0.2) is 4.39 Å². The molecule has 114 valence electrons. The first-order chi connectivity index (χ1) is 9.29. The summed E-state index contributed by atoms with van der Waals surface area (Å²) in [6.45, 7) is 0.132. The quantitative estimate of drug-likeness (QED) is 0.620. The number of benzene rings is 1. The second kappa shape index (κ2) is 7.44. The monoisotopic (exact) mass is 296 g/mol. The van der Waals surface area contributed by atoms with E-state index in [4.69, 9.17) is 4.74 Å². The molecule has 20 heavy (non-hydrogen) atoms. The first-order valence-corrected chi connectivity index (χ1v) is 6.04. The summed E-state index contributed by atoms with van der Waals surface area (Å²) in [5, 5.41) is 9.26. The van der Waals surface area contributed by atoms with Crippen LogP contribution in [0.2, 0.25) is 0 Å². The molecule has 0 bridgehead atoms. The van der Waals surface area contributed by atoms with E-state index < -0.39 is 24.7 Å². The maximum atomic E-state index is 13.5. The van der Waals surface area contributed by atoms with Gasteiger partial charge in [-0.2, -0.15) is 13.2 Å². The Balaban J connectivity index is 2.29. The van der Waals surface area contributed by atoms with Crippen LogP contribution in [0.4, 0.5) is 17.6 Å². The van der Waals surface area contributed by atoms with E-state index >= 15 is 0 Å². The van der Waals surface area contributed by atoms with Gasteiger partial charge in [-0.3, -0.25) is 0 Å². The van der Waals surface area contributed by atoms with Gasteiger partial charge in [0.1, 0.15) is 6.61 Å². The molecule has 0 spiro atoms. The van der Waals surface area contributed by atoms with Crippen molar-refractivity contribution in [1.29, 1.82) is 0 Å². The third-order valence-corrected chi connectivity index (χ3v) is 2.39. The van der Waals surface area contributed by atoms with Gasteiger partial charge in [0, 0.05) is 6.42 Å². The van der Waals surface area contributed by atoms with Gasteiger partial charge in [0.05, 0.1) is 19.3 Å². The Morgan fingerprint density at radius 3 is 2.50 bits per heavy atom. The Morgan fingerprint density at radius 1 is 1.25 bits per heavy atom. The van der Waals surface area contributed by atoms with Gasteiger partial charge in [-0.1, -0.05) is 6.07 Å². The molecule has 1 aromatic rings. The number of halogens is 4. The molecule has 1 N–H and O–H groups in total. The Kier molecular flexibility index (Phi) is 6.22. The summed E-state index contributed by atoms with van der Waals surface area (Å²) < 4.78 is 58.3. The summed E-state index contributed by atoms with van der Waals surface area (Å²) in [4.78, 5) is 0. The summed E-state index contributed by atoms with van der Waals surface area (Å²) in [6, 6.07) is 4.04. The van der Waals surface area contributed by atoms with Gasteiger partial charge in [-0.05, 0) is 24.6 Å². The summed E-state index contributed by atoms with van der Waals surface area (Å²) in [6.07, 6.45) is -4.91. The number of hydrogen-bond acceptors (Lipinski definition) is 3. The zero-order valence-electron chi connectivity index (χ0n) is 10.9. The molecule has 0 radical (unpaired) electrons. The third kappa shape index (κ3) is 6.21. The van der Waals surface area contributed by atoms with Gasteiger partial charge in [0.15, 0.2) is 11.6 Å². The predicted molar refractivity (Wildman–Crippen MR) is 64.0 cm³/mol. The van der Waals surface area contributed by atoms with Crippen molar-refractivity contribution in [2.24, 2.45) is 0 Å². The average molecular weight is 296 g/mol. The van der Waals surface area contributed by atoms with E-state index in [2.05, 4.69) is 4.74 Å². The molecular formula is C13H16F4O3. The highest BCUT2D eigenvalue weighted by Gasteiger charge is 2.27. The van der Waals surface area contributed by atoms with Crippen LogP contribution in [0.3, 0.4) is 0 Å². The molecule has 0 amide bonds. The van der Waals surface area contributed by atoms with Crippen molar-refractivity contribution in [2.75, 3.05) is 19.8 Å². The normalized spacial score (nSPS) is 13.3. The Bertz CT molecular complexity index is 419. The first-order valence-electron chi connectivity index (χ1n) is 6.04. The molecule has 0 aliphatic carbocycles. The molecule has 0 saturated carbocycles. The molecule has 0 fully saturated rings. The van der Waals surface area contributed by atoms with Crippen LogP contribution in [-0.4, -0.2) is 31.1 Å². The number of rotatable bonds is 7. The lowest BCUT2D eigenvalue weighted by Crippen LogP contribution is -2.18. The average Bonchev–Trinajstić information content (AvgIpc) is 2.33. The van der Waals surface area contributed by atoms with Crippen LogP contribution >= 0.6 is 0 Å².